The molecule has 1 unspecified atom stereocenters. The summed E-state index contributed by atoms with van der Waals surface area (Å²) in [5.74, 6) is -1.27. The maximum atomic E-state index is 12.4. The minimum absolute atomic E-state index is 0.294. The van der Waals surface area contributed by atoms with Gasteiger partial charge in [0, 0.05) is 11.2 Å². The molecule has 1 aromatic carbocycles. The first-order valence-electron chi connectivity index (χ1n) is 5.73. The minimum Gasteiger partial charge on any atom is -0.273 e. The van der Waals surface area contributed by atoms with Crippen LogP contribution < -0.4 is 0 Å². The second-order valence-corrected chi connectivity index (χ2v) is 4.64. The molecule has 0 fully saturated rings. The van der Waals surface area contributed by atoms with Crippen molar-refractivity contribution in [2.45, 2.75) is 5.92 Å². The lowest BCUT2D eigenvalue weighted by molar-refractivity contribution is -0.134. The fourth-order valence-electron chi connectivity index (χ4n) is 2.07. The van der Waals surface area contributed by atoms with Crippen LogP contribution in [0.2, 0.25) is 5.02 Å². The second kappa shape index (κ2) is 4.48. The van der Waals surface area contributed by atoms with Crippen LogP contribution in [0.25, 0.3) is 0 Å². The van der Waals surface area contributed by atoms with Gasteiger partial charge in [-0.25, -0.2) is 0 Å². The number of halogens is 1. The van der Waals surface area contributed by atoms with Gasteiger partial charge in [-0.15, -0.1) is 0 Å². The zero-order valence-electron chi connectivity index (χ0n) is 9.79. The molecule has 2 heterocycles. The van der Waals surface area contributed by atoms with E-state index in [1.807, 2.05) is 0 Å². The first kappa shape index (κ1) is 11.9. The molecule has 0 saturated heterocycles. The summed E-state index contributed by atoms with van der Waals surface area (Å²) in [4.78, 5) is 29.7. The zero-order chi connectivity index (χ0) is 13.4. The van der Waals surface area contributed by atoms with Crippen LogP contribution in [-0.2, 0) is 9.59 Å². The van der Waals surface area contributed by atoms with Gasteiger partial charge in [0.25, 0.3) is 5.91 Å². The maximum Gasteiger partial charge on any atom is 0.264 e. The van der Waals surface area contributed by atoms with Crippen molar-refractivity contribution in [2.75, 3.05) is 0 Å². The number of amides is 2. The number of aliphatic imine (C=N–C) groups is 1. The molecule has 0 N–H and O–H groups in total. The Hall–Kier alpha value is -2.20. The van der Waals surface area contributed by atoms with Gasteiger partial charge in [0.2, 0.25) is 5.91 Å². The van der Waals surface area contributed by atoms with Crippen LogP contribution in [0.5, 0.6) is 0 Å². The van der Waals surface area contributed by atoms with E-state index in [-0.39, 0.29) is 5.91 Å². The van der Waals surface area contributed by atoms with Crippen LogP contribution >= 0.6 is 11.6 Å². The van der Waals surface area contributed by atoms with E-state index in [0.717, 1.165) is 0 Å². The summed E-state index contributed by atoms with van der Waals surface area (Å²) in [6, 6.07) is 6.66. The predicted octanol–water partition coefficient (Wildman–Crippen LogP) is 2.27. The SMILES string of the molecule is O=C1N=C2C=CC=CN2C(=O)C1c1ccc(Cl)cc1. The highest BCUT2D eigenvalue weighted by molar-refractivity contribution is 6.30. The van der Waals surface area contributed by atoms with Crippen molar-refractivity contribution in [1.82, 2.24) is 4.90 Å². The molecule has 19 heavy (non-hydrogen) atoms. The van der Waals surface area contributed by atoms with Gasteiger partial charge in [-0.3, -0.25) is 14.5 Å². The topological polar surface area (TPSA) is 49.7 Å². The smallest absolute Gasteiger partial charge is 0.264 e. The van der Waals surface area contributed by atoms with Gasteiger partial charge in [-0.05, 0) is 29.8 Å². The summed E-state index contributed by atoms with van der Waals surface area (Å²) in [5.41, 5.74) is 0.602. The summed E-state index contributed by atoms with van der Waals surface area (Å²) in [7, 11) is 0. The lowest BCUT2D eigenvalue weighted by Crippen LogP contribution is -2.43. The molecule has 5 heteroatoms. The minimum atomic E-state index is -0.892. The van der Waals surface area contributed by atoms with E-state index in [1.54, 1.807) is 48.7 Å². The van der Waals surface area contributed by atoms with E-state index in [2.05, 4.69) is 4.99 Å². The Labute approximate surface area is 114 Å². The molecule has 1 aromatic rings. The third kappa shape index (κ3) is 2.00. The largest absolute Gasteiger partial charge is 0.273 e. The number of carbonyl (C=O) groups is 2. The van der Waals surface area contributed by atoms with Gasteiger partial charge in [0.1, 0.15) is 11.8 Å². The van der Waals surface area contributed by atoms with E-state index in [9.17, 15) is 9.59 Å². The van der Waals surface area contributed by atoms with Crippen molar-refractivity contribution in [2.24, 2.45) is 4.99 Å². The number of benzene rings is 1. The number of hydrogen-bond donors (Lipinski definition) is 0. The number of nitrogens with zero attached hydrogens (tertiary/aromatic N) is 2. The van der Waals surface area contributed by atoms with Gasteiger partial charge >= 0.3 is 0 Å². The zero-order valence-corrected chi connectivity index (χ0v) is 10.5. The van der Waals surface area contributed by atoms with Crippen LogP contribution in [0.4, 0.5) is 0 Å². The average Bonchev–Trinajstić information content (AvgIpc) is 2.41. The average molecular weight is 273 g/mol. The molecule has 94 valence electrons. The van der Waals surface area contributed by atoms with Crippen molar-refractivity contribution in [3.63, 3.8) is 0 Å². The summed E-state index contributed by atoms with van der Waals surface area (Å²) in [5, 5.41) is 0.560. The van der Waals surface area contributed by atoms with Crippen molar-refractivity contribution in [3.8, 4) is 0 Å². The monoisotopic (exact) mass is 272 g/mol. The number of amidine groups is 1. The highest BCUT2D eigenvalue weighted by Gasteiger charge is 2.37. The molecule has 4 nitrogen and oxygen atoms in total. The lowest BCUT2D eigenvalue weighted by Gasteiger charge is -2.28. The van der Waals surface area contributed by atoms with Crippen molar-refractivity contribution in [3.05, 3.63) is 59.3 Å². The summed E-state index contributed by atoms with van der Waals surface area (Å²) in [6.45, 7) is 0. The summed E-state index contributed by atoms with van der Waals surface area (Å²) in [6.07, 6.45) is 6.70. The Kier molecular flexibility index (Phi) is 2.80. The Balaban J connectivity index is 2.03. The molecule has 3 rings (SSSR count). The van der Waals surface area contributed by atoms with E-state index >= 15 is 0 Å². The van der Waals surface area contributed by atoms with E-state index in [1.165, 1.54) is 4.90 Å². The normalized spacial score (nSPS) is 21.4. The van der Waals surface area contributed by atoms with E-state index < -0.39 is 11.8 Å². The standard InChI is InChI=1S/C14H9ClN2O2/c15-10-6-4-9(5-7-10)12-13(18)16-11-3-1-2-8-17(11)14(12)19/h1-8,12H. The van der Waals surface area contributed by atoms with Gasteiger partial charge in [-0.1, -0.05) is 29.8 Å². The third-order valence-electron chi connectivity index (χ3n) is 3.00. The Bertz CT molecular complexity index is 644. The molecular weight excluding hydrogens is 264 g/mol. The molecule has 1 atom stereocenters. The van der Waals surface area contributed by atoms with Crippen LogP contribution in [-0.4, -0.2) is 22.5 Å². The highest BCUT2D eigenvalue weighted by Crippen LogP contribution is 2.26. The van der Waals surface area contributed by atoms with Crippen LogP contribution in [0.15, 0.2) is 53.7 Å². The predicted molar refractivity (Wildman–Crippen MR) is 71.8 cm³/mol. The van der Waals surface area contributed by atoms with Gasteiger partial charge < -0.3 is 0 Å². The third-order valence-corrected chi connectivity index (χ3v) is 3.25. The van der Waals surface area contributed by atoms with Crippen molar-refractivity contribution >= 4 is 29.3 Å². The molecular formula is C14H9ClN2O2. The summed E-state index contributed by atoms with van der Waals surface area (Å²) >= 11 is 5.81. The Morgan fingerprint density at radius 1 is 1.11 bits per heavy atom. The first-order chi connectivity index (χ1) is 9.16. The molecule has 2 amide bonds. The number of rotatable bonds is 1. The molecule has 0 bridgehead atoms. The van der Waals surface area contributed by atoms with Crippen molar-refractivity contribution < 1.29 is 9.59 Å². The van der Waals surface area contributed by atoms with Gasteiger partial charge in [0.15, 0.2) is 0 Å². The molecule has 2 aliphatic rings. The van der Waals surface area contributed by atoms with E-state index in [4.69, 9.17) is 11.6 Å². The molecule has 0 saturated carbocycles. The Morgan fingerprint density at radius 3 is 2.58 bits per heavy atom. The molecule has 0 aromatic heterocycles. The van der Waals surface area contributed by atoms with Crippen LogP contribution in [0.1, 0.15) is 11.5 Å². The fourth-order valence-corrected chi connectivity index (χ4v) is 2.20. The van der Waals surface area contributed by atoms with Gasteiger partial charge in [0.05, 0.1) is 0 Å². The maximum absolute atomic E-state index is 12.4. The van der Waals surface area contributed by atoms with Gasteiger partial charge in [-0.2, -0.15) is 4.99 Å². The lowest BCUT2D eigenvalue weighted by atomic mass is 9.95. The number of carbonyl (C=O) groups excluding carboxylic acids is 2. The Morgan fingerprint density at radius 2 is 1.84 bits per heavy atom. The summed E-state index contributed by atoms with van der Waals surface area (Å²) < 4.78 is 0. The molecule has 0 radical (unpaired) electrons. The second-order valence-electron chi connectivity index (χ2n) is 4.20. The first-order valence-corrected chi connectivity index (χ1v) is 6.10. The number of fused-ring (bicyclic) bond motifs is 1. The molecule has 2 aliphatic heterocycles. The number of allylic oxidation sites excluding steroid dienone is 2. The van der Waals surface area contributed by atoms with Crippen molar-refractivity contribution in [1.29, 1.82) is 0 Å². The number of hydrogen-bond acceptors (Lipinski definition) is 2. The molecule has 0 spiro atoms. The quantitative estimate of drug-likeness (QED) is 0.737. The fraction of sp³-hybridized carbons (Fsp3) is 0.0714. The van der Waals surface area contributed by atoms with Crippen LogP contribution in [0, 0.1) is 0 Å². The highest BCUT2D eigenvalue weighted by atomic mass is 35.5. The van der Waals surface area contributed by atoms with E-state index in [0.29, 0.717) is 16.4 Å². The van der Waals surface area contributed by atoms with Crippen LogP contribution in [0.3, 0.4) is 0 Å². The molecule has 0 aliphatic carbocycles.